The average Bonchev–Trinajstić information content (AvgIpc) is 4.09. The lowest BCUT2D eigenvalue weighted by Gasteiger charge is -2.35. The van der Waals surface area contributed by atoms with Gasteiger partial charge < -0.3 is 40.9 Å². The van der Waals surface area contributed by atoms with Crippen LogP contribution < -0.4 is 15.5 Å². The summed E-state index contributed by atoms with van der Waals surface area (Å²) in [5, 5.41) is 63.3. The molecule has 2 aliphatic heterocycles. The molecule has 3 aromatic heterocycles. The Kier molecular flexibility index (Phi) is 13.0. The number of piperidine rings is 1. The number of likely N-dealkylation sites (tertiary alicyclic amines) is 1. The van der Waals surface area contributed by atoms with Gasteiger partial charge in [0.1, 0.15) is 28.0 Å². The fourth-order valence-electron chi connectivity index (χ4n) is 7.94. The van der Waals surface area contributed by atoms with E-state index in [9.17, 15) is 44.5 Å². The maximum atomic E-state index is 14.1. The van der Waals surface area contributed by atoms with Crippen LogP contribution in [0.4, 0.5) is 10.1 Å². The van der Waals surface area contributed by atoms with Crippen LogP contribution in [0.3, 0.4) is 0 Å². The average molecular weight is 862 g/mol. The van der Waals surface area contributed by atoms with Gasteiger partial charge in [0.15, 0.2) is 18.3 Å². The minimum Gasteiger partial charge on any atom is -0.383 e. The number of thiophene rings is 1. The van der Waals surface area contributed by atoms with Gasteiger partial charge in [-0.1, -0.05) is 18.2 Å². The molecule has 6 atom stereocenters. The Hall–Kier alpha value is -4.87. The van der Waals surface area contributed by atoms with E-state index in [4.69, 9.17) is 0 Å². The van der Waals surface area contributed by atoms with Crippen LogP contribution in [0.15, 0.2) is 65.5 Å². The molecule has 0 spiro atoms. The summed E-state index contributed by atoms with van der Waals surface area (Å²) in [5.41, 5.74) is 1.14. The number of thiazole rings is 2. The minimum atomic E-state index is -2.08. The SMILES string of the molecule is C[C@@]1(c2nccs2)CC(c2cccc3sc([C@H](O)[C@@H](O)C(=O)NCCc4cccs4)nc23)CN1C(=O)[C@H](O)[C@@H](O)C(=O)NCC1CCN(c2ccc(F)cc2C#N)CC1. The van der Waals surface area contributed by atoms with Crippen LogP contribution >= 0.6 is 34.0 Å². The van der Waals surface area contributed by atoms with Crippen LogP contribution in [0, 0.1) is 23.1 Å². The van der Waals surface area contributed by atoms with Crippen molar-refractivity contribution in [3.05, 3.63) is 97.3 Å². The molecular weight excluding hydrogens is 818 g/mol. The van der Waals surface area contributed by atoms with E-state index in [1.54, 1.807) is 29.0 Å². The van der Waals surface area contributed by atoms with E-state index < -0.39 is 53.5 Å². The van der Waals surface area contributed by atoms with Crippen LogP contribution in [0.25, 0.3) is 10.2 Å². The van der Waals surface area contributed by atoms with E-state index in [-0.39, 0.29) is 35.5 Å². The summed E-state index contributed by atoms with van der Waals surface area (Å²) in [5.74, 6) is -3.25. The molecule has 5 aromatic rings. The summed E-state index contributed by atoms with van der Waals surface area (Å²) in [6.07, 6.45) is -3.59. The number of aliphatic hydroxyl groups excluding tert-OH is 4. The summed E-state index contributed by atoms with van der Waals surface area (Å²) in [7, 11) is 0. The number of hydrogen-bond acceptors (Lipinski definition) is 14. The number of aliphatic hydroxyl groups is 4. The summed E-state index contributed by atoms with van der Waals surface area (Å²) in [4.78, 5) is 53.7. The highest BCUT2D eigenvalue weighted by atomic mass is 32.1. The van der Waals surface area contributed by atoms with Gasteiger partial charge >= 0.3 is 0 Å². The van der Waals surface area contributed by atoms with Crippen molar-refractivity contribution in [1.82, 2.24) is 25.5 Å². The summed E-state index contributed by atoms with van der Waals surface area (Å²) in [6.45, 7) is 3.55. The van der Waals surface area contributed by atoms with Crippen molar-refractivity contribution in [3.8, 4) is 6.07 Å². The smallest absolute Gasteiger partial charge is 0.255 e. The molecule has 2 fully saturated rings. The zero-order chi connectivity index (χ0) is 41.8. The Morgan fingerprint density at radius 1 is 1.00 bits per heavy atom. The second-order valence-corrected chi connectivity index (χ2v) is 18.0. The van der Waals surface area contributed by atoms with Crippen molar-refractivity contribution < 1.29 is 39.2 Å². The van der Waals surface area contributed by atoms with Gasteiger partial charge in [-0.25, -0.2) is 14.4 Å². The van der Waals surface area contributed by atoms with Gasteiger partial charge in [0.25, 0.3) is 17.7 Å². The molecule has 2 aliphatic rings. The Labute approximate surface area is 351 Å². The Bertz CT molecular complexity index is 2310. The van der Waals surface area contributed by atoms with Crippen LogP contribution in [0.5, 0.6) is 0 Å². The lowest BCUT2D eigenvalue weighted by atomic mass is 9.89. The van der Waals surface area contributed by atoms with Gasteiger partial charge in [-0.3, -0.25) is 14.4 Å². The van der Waals surface area contributed by atoms with Crippen molar-refractivity contribution in [2.75, 3.05) is 37.6 Å². The van der Waals surface area contributed by atoms with E-state index in [1.807, 2.05) is 53.6 Å². The normalized spacial score (nSPS) is 20.5. The van der Waals surface area contributed by atoms with Gasteiger partial charge in [0.05, 0.1) is 27.0 Å². The highest BCUT2D eigenvalue weighted by molar-refractivity contribution is 7.18. The fraction of sp³-hybridized carbons (Fsp3) is 0.415. The lowest BCUT2D eigenvalue weighted by molar-refractivity contribution is -0.156. The van der Waals surface area contributed by atoms with E-state index in [2.05, 4.69) is 20.6 Å². The minimum absolute atomic E-state index is 0.0331. The molecule has 18 heteroatoms. The number of fused-ring (bicyclic) bond motifs is 1. The van der Waals surface area contributed by atoms with E-state index in [0.29, 0.717) is 66.2 Å². The Balaban J connectivity index is 1.00. The van der Waals surface area contributed by atoms with Crippen LogP contribution in [0.1, 0.15) is 64.2 Å². The summed E-state index contributed by atoms with van der Waals surface area (Å²) < 4.78 is 14.4. The topological polar surface area (TPSA) is 212 Å². The predicted octanol–water partition coefficient (Wildman–Crippen LogP) is 3.56. The third kappa shape index (κ3) is 9.01. The number of halogens is 1. The molecule has 59 heavy (non-hydrogen) atoms. The van der Waals surface area contributed by atoms with Crippen molar-refractivity contribution in [3.63, 3.8) is 0 Å². The molecule has 0 radical (unpaired) electrons. The largest absolute Gasteiger partial charge is 0.383 e. The molecule has 2 saturated heterocycles. The molecule has 310 valence electrons. The zero-order valence-corrected chi connectivity index (χ0v) is 34.5. The maximum Gasteiger partial charge on any atom is 0.255 e. The molecule has 0 saturated carbocycles. The fourth-order valence-corrected chi connectivity index (χ4v) is 10.5. The second-order valence-electron chi connectivity index (χ2n) is 15.1. The molecule has 5 heterocycles. The number of amides is 3. The Morgan fingerprint density at radius 2 is 1.78 bits per heavy atom. The van der Waals surface area contributed by atoms with Crippen molar-refractivity contribution in [2.45, 2.75) is 68.5 Å². The lowest BCUT2D eigenvalue weighted by Crippen LogP contribution is -2.54. The number of anilines is 1. The van der Waals surface area contributed by atoms with Crippen molar-refractivity contribution >= 4 is 67.6 Å². The number of benzene rings is 2. The molecule has 0 aliphatic carbocycles. The number of nitriles is 1. The number of para-hydroxylation sites is 1. The van der Waals surface area contributed by atoms with Gasteiger partial charge in [-0.05, 0) is 79.8 Å². The highest BCUT2D eigenvalue weighted by Gasteiger charge is 2.51. The van der Waals surface area contributed by atoms with Gasteiger partial charge in [0.2, 0.25) is 0 Å². The molecule has 6 N–H and O–H groups in total. The molecular formula is C41H44FN7O7S3. The first-order chi connectivity index (χ1) is 28.4. The quantitative estimate of drug-likeness (QED) is 0.0951. The van der Waals surface area contributed by atoms with Crippen LogP contribution in [-0.2, 0) is 26.3 Å². The first kappa shape index (κ1) is 42.3. The standard InChI is InChI=1S/C41H44FN7O7S3/c1-41(40-45-13-17-58-40)19-25(28-5-2-6-30-31(28)47-38(59-30)34(52)32(50)36(54)44-12-9-27-4-3-16-57-27)22-49(41)39(56)35(53)33(51)37(55)46-21-23-10-14-48(15-11-23)29-8-7-26(42)18-24(29)20-43/h2-8,13,16-18,23,25,32-35,50-53H,9-12,14-15,19,21-22H2,1H3,(H,44,54)(H,46,55)/t25?,32-,33-,34-,35-,41+/m1/s1. The molecule has 1 unspecified atom stereocenters. The van der Waals surface area contributed by atoms with Gasteiger partial charge in [-0.2, -0.15) is 5.26 Å². The van der Waals surface area contributed by atoms with Crippen molar-refractivity contribution in [2.24, 2.45) is 5.92 Å². The summed E-state index contributed by atoms with van der Waals surface area (Å²) >= 11 is 4.04. The molecule has 7 rings (SSSR count). The highest BCUT2D eigenvalue weighted by Crippen LogP contribution is 2.48. The van der Waals surface area contributed by atoms with Gasteiger partial charge in [-0.15, -0.1) is 34.0 Å². The Morgan fingerprint density at radius 3 is 2.49 bits per heavy atom. The monoisotopic (exact) mass is 861 g/mol. The third-order valence-corrected chi connectivity index (χ3v) is 14.3. The van der Waals surface area contributed by atoms with Crippen LogP contribution in [0.2, 0.25) is 0 Å². The third-order valence-electron chi connectivity index (χ3n) is 11.2. The van der Waals surface area contributed by atoms with E-state index >= 15 is 0 Å². The number of nitrogens with one attached hydrogen (secondary N) is 2. The zero-order valence-electron chi connectivity index (χ0n) is 32.0. The number of carbonyl (C=O) groups is 3. The van der Waals surface area contributed by atoms with Crippen molar-refractivity contribution in [1.29, 1.82) is 5.26 Å². The first-order valence-corrected chi connectivity index (χ1v) is 21.8. The van der Waals surface area contributed by atoms with Crippen LogP contribution in [-0.4, -0.2) is 104 Å². The number of aromatic nitrogens is 2. The number of hydrogen-bond donors (Lipinski definition) is 6. The van der Waals surface area contributed by atoms with E-state index in [0.717, 1.165) is 21.8 Å². The van der Waals surface area contributed by atoms with E-state index in [1.165, 1.54) is 28.4 Å². The summed E-state index contributed by atoms with van der Waals surface area (Å²) in [6, 6.07) is 15.5. The number of rotatable bonds is 14. The molecule has 2 aromatic carbocycles. The molecule has 14 nitrogen and oxygen atoms in total. The van der Waals surface area contributed by atoms with Gasteiger partial charge in [0, 0.05) is 55.1 Å². The molecule has 0 bridgehead atoms. The second kappa shape index (κ2) is 18.2. The number of carbonyl (C=O) groups excluding carboxylic acids is 3. The maximum absolute atomic E-state index is 14.1. The first-order valence-electron chi connectivity index (χ1n) is 19.2. The molecule has 3 amide bonds. The predicted molar refractivity (Wildman–Crippen MR) is 221 cm³/mol. The number of nitrogens with zero attached hydrogens (tertiary/aromatic N) is 5.